The van der Waals surface area contributed by atoms with Gasteiger partial charge in [-0.25, -0.2) is 20.0 Å². The highest BCUT2D eigenvalue weighted by atomic mass is 16.2. The third-order valence-electron chi connectivity index (χ3n) is 4.01. The molecule has 24 heavy (non-hydrogen) atoms. The van der Waals surface area contributed by atoms with Crippen LogP contribution in [-0.4, -0.2) is 59.3 Å². The highest BCUT2D eigenvalue weighted by Gasteiger charge is 2.33. The molecule has 0 bridgehead atoms. The van der Waals surface area contributed by atoms with Crippen molar-refractivity contribution >= 4 is 11.8 Å². The number of benzene rings is 2. The van der Waals surface area contributed by atoms with Crippen molar-refractivity contribution in [2.45, 2.75) is 0 Å². The van der Waals surface area contributed by atoms with E-state index in [4.69, 9.17) is 0 Å². The normalized spacial score (nSPS) is 16.2. The van der Waals surface area contributed by atoms with E-state index in [0.717, 1.165) is 0 Å². The van der Waals surface area contributed by atoms with E-state index >= 15 is 0 Å². The predicted octanol–water partition coefficient (Wildman–Crippen LogP) is 1.89. The standard InChI is InChI=1S/C18H20N4O2/c1-19-13-20(2)22(18(24)16-11-7-4-8-12-16)14-21(19)17(23)15-9-5-3-6-10-15/h3-12H,13-14H2,1-2H3. The molecule has 0 atom stereocenters. The van der Waals surface area contributed by atoms with Crippen molar-refractivity contribution < 1.29 is 9.59 Å². The number of amides is 2. The number of carbonyl (C=O) groups is 2. The van der Waals surface area contributed by atoms with Crippen LogP contribution in [0.5, 0.6) is 0 Å². The maximum absolute atomic E-state index is 12.7. The van der Waals surface area contributed by atoms with Crippen LogP contribution in [0.25, 0.3) is 0 Å². The first-order valence-corrected chi connectivity index (χ1v) is 7.74. The maximum Gasteiger partial charge on any atom is 0.269 e. The van der Waals surface area contributed by atoms with Gasteiger partial charge in [-0.15, -0.1) is 0 Å². The van der Waals surface area contributed by atoms with Crippen LogP contribution in [0.2, 0.25) is 0 Å². The highest BCUT2D eigenvalue weighted by Crippen LogP contribution is 2.16. The third-order valence-corrected chi connectivity index (χ3v) is 4.01. The first kappa shape index (κ1) is 16.2. The number of hydrazine groups is 2. The van der Waals surface area contributed by atoms with E-state index in [-0.39, 0.29) is 18.5 Å². The molecule has 0 spiro atoms. The lowest BCUT2D eigenvalue weighted by Gasteiger charge is -2.46. The van der Waals surface area contributed by atoms with Crippen LogP contribution in [0.1, 0.15) is 20.7 Å². The molecule has 2 aromatic rings. The molecule has 0 radical (unpaired) electrons. The SMILES string of the molecule is CN1CN(C)N(C(=O)c2ccccc2)CN1C(=O)c1ccccc1. The molecule has 0 N–H and O–H groups in total. The van der Waals surface area contributed by atoms with Gasteiger partial charge in [0.15, 0.2) is 0 Å². The fourth-order valence-corrected chi connectivity index (χ4v) is 2.69. The minimum Gasteiger partial charge on any atom is -0.268 e. The summed E-state index contributed by atoms with van der Waals surface area (Å²) in [6, 6.07) is 18.2. The quantitative estimate of drug-likeness (QED) is 0.846. The molecule has 0 aliphatic carbocycles. The lowest BCUT2D eigenvalue weighted by molar-refractivity contribution is -0.159. The Hall–Kier alpha value is -2.70. The van der Waals surface area contributed by atoms with Gasteiger partial charge < -0.3 is 0 Å². The van der Waals surface area contributed by atoms with Crippen LogP contribution in [0, 0.1) is 0 Å². The molecule has 1 fully saturated rings. The van der Waals surface area contributed by atoms with E-state index in [1.165, 1.54) is 0 Å². The molecule has 124 valence electrons. The van der Waals surface area contributed by atoms with Crippen molar-refractivity contribution in [3.05, 3.63) is 71.8 Å². The Balaban J connectivity index is 1.82. The van der Waals surface area contributed by atoms with E-state index in [2.05, 4.69) is 0 Å². The molecule has 0 saturated carbocycles. The van der Waals surface area contributed by atoms with Crippen LogP contribution in [0.15, 0.2) is 60.7 Å². The fourth-order valence-electron chi connectivity index (χ4n) is 2.69. The molecule has 6 nitrogen and oxygen atoms in total. The van der Waals surface area contributed by atoms with E-state index < -0.39 is 0 Å². The van der Waals surface area contributed by atoms with E-state index in [1.54, 1.807) is 34.3 Å². The Morgan fingerprint density at radius 2 is 1.04 bits per heavy atom. The predicted molar refractivity (Wildman–Crippen MR) is 90.5 cm³/mol. The second-order valence-corrected chi connectivity index (χ2v) is 5.74. The van der Waals surface area contributed by atoms with Crippen molar-refractivity contribution in [3.63, 3.8) is 0 Å². The van der Waals surface area contributed by atoms with Crippen molar-refractivity contribution in [1.29, 1.82) is 0 Å². The summed E-state index contributed by atoms with van der Waals surface area (Å²) in [5.74, 6) is -0.255. The molecule has 1 heterocycles. The number of carbonyl (C=O) groups excluding carboxylic acids is 2. The lowest BCUT2D eigenvalue weighted by atomic mass is 10.2. The summed E-state index contributed by atoms with van der Waals surface area (Å²) in [6.45, 7) is 0.617. The molecular formula is C18H20N4O2. The first-order valence-electron chi connectivity index (χ1n) is 7.74. The Morgan fingerprint density at radius 3 is 1.42 bits per heavy atom. The molecule has 6 heteroatoms. The zero-order valence-electron chi connectivity index (χ0n) is 13.8. The maximum atomic E-state index is 12.7. The number of rotatable bonds is 2. The van der Waals surface area contributed by atoms with Crippen molar-refractivity contribution in [1.82, 2.24) is 20.0 Å². The number of hydrogen-bond donors (Lipinski definition) is 0. The largest absolute Gasteiger partial charge is 0.269 e. The van der Waals surface area contributed by atoms with E-state index in [9.17, 15) is 9.59 Å². The van der Waals surface area contributed by atoms with Gasteiger partial charge in [-0.1, -0.05) is 36.4 Å². The van der Waals surface area contributed by atoms with Crippen LogP contribution in [0.3, 0.4) is 0 Å². The Labute approximate surface area is 141 Å². The van der Waals surface area contributed by atoms with Gasteiger partial charge in [0, 0.05) is 25.2 Å². The zero-order chi connectivity index (χ0) is 17.1. The summed E-state index contributed by atoms with van der Waals surface area (Å²) < 4.78 is 0. The van der Waals surface area contributed by atoms with Crippen LogP contribution in [0.4, 0.5) is 0 Å². The Kier molecular flexibility index (Phi) is 4.59. The monoisotopic (exact) mass is 324 g/mol. The third kappa shape index (κ3) is 3.15. The molecule has 3 rings (SSSR count). The summed E-state index contributed by atoms with van der Waals surface area (Å²) in [4.78, 5) is 25.5. The minimum absolute atomic E-state index is 0.128. The van der Waals surface area contributed by atoms with Gasteiger partial charge in [-0.3, -0.25) is 9.59 Å². The molecule has 1 aliphatic rings. The summed E-state index contributed by atoms with van der Waals surface area (Å²) in [7, 11) is 3.67. The molecule has 2 aromatic carbocycles. The summed E-state index contributed by atoms with van der Waals surface area (Å²) in [5, 5.41) is 6.78. The van der Waals surface area contributed by atoms with Crippen molar-refractivity contribution in [3.8, 4) is 0 Å². The lowest BCUT2D eigenvalue weighted by Crippen LogP contribution is -2.64. The van der Waals surface area contributed by atoms with Gasteiger partial charge >= 0.3 is 0 Å². The minimum atomic E-state index is -0.128. The molecule has 0 aromatic heterocycles. The van der Waals surface area contributed by atoms with Gasteiger partial charge in [0.1, 0.15) is 6.67 Å². The summed E-state index contributed by atoms with van der Waals surface area (Å²) in [5.41, 5.74) is 1.20. The summed E-state index contributed by atoms with van der Waals surface area (Å²) >= 11 is 0. The molecule has 0 unspecified atom stereocenters. The van der Waals surface area contributed by atoms with E-state index in [0.29, 0.717) is 17.8 Å². The average Bonchev–Trinajstić information content (AvgIpc) is 2.62. The van der Waals surface area contributed by atoms with Crippen LogP contribution >= 0.6 is 0 Å². The molecule has 1 aliphatic heterocycles. The van der Waals surface area contributed by atoms with Crippen molar-refractivity contribution in [2.75, 3.05) is 27.4 Å². The van der Waals surface area contributed by atoms with Gasteiger partial charge in [0.2, 0.25) is 0 Å². The smallest absolute Gasteiger partial charge is 0.268 e. The van der Waals surface area contributed by atoms with Gasteiger partial charge in [0.25, 0.3) is 11.8 Å². The van der Waals surface area contributed by atoms with Crippen LogP contribution < -0.4 is 0 Å². The van der Waals surface area contributed by atoms with Gasteiger partial charge in [-0.05, 0) is 24.3 Å². The molecule has 1 saturated heterocycles. The topological polar surface area (TPSA) is 47.1 Å². The average molecular weight is 324 g/mol. The fraction of sp³-hybridized carbons (Fsp3) is 0.222. The zero-order valence-corrected chi connectivity index (χ0v) is 13.8. The van der Waals surface area contributed by atoms with Gasteiger partial charge in [0.05, 0.1) is 6.67 Å². The first-order chi connectivity index (χ1) is 11.6. The summed E-state index contributed by atoms with van der Waals surface area (Å²) in [6.07, 6.45) is 0. The second-order valence-electron chi connectivity index (χ2n) is 5.74. The second kappa shape index (κ2) is 6.82. The Bertz CT molecular complexity index is 659. The highest BCUT2D eigenvalue weighted by molar-refractivity contribution is 5.96. The van der Waals surface area contributed by atoms with Gasteiger partial charge in [-0.2, -0.15) is 0 Å². The Morgan fingerprint density at radius 1 is 0.667 bits per heavy atom. The van der Waals surface area contributed by atoms with E-state index in [1.807, 2.05) is 60.5 Å². The number of nitrogens with zero attached hydrogens (tertiary/aromatic N) is 4. The number of hydrogen-bond acceptors (Lipinski definition) is 4. The van der Waals surface area contributed by atoms with Crippen molar-refractivity contribution in [2.24, 2.45) is 0 Å². The molecular weight excluding hydrogens is 304 g/mol. The molecule has 2 amide bonds. The van der Waals surface area contributed by atoms with Crippen LogP contribution in [-0.2, 0) is 0 Å².